The molecule has 150 valence electrons. The standard InChI is InChI=1S/C21H26N2O5/c1-14-5-6-16-15(13-19(25)27-17(16)11-14)12-18(24)22-7-9-23(10-8-22)20(26)28-21(2,3)4/h5-6,11,13H,7-10,12H2,1-4H3. The van der Waals surface area contributed by atoms with Crippen LogP contribution >= 0.6 is 0 Å². The Morgan fingerprint density at radius 2 is 1.71 bits per heavy atom. The molecule has 1 aromatic carbocycles. The number of carbonyl (C=O) groups excluding carboxylic acids is 2. The highest BCUT2D eigenvalue weighted by molar-refractivity contribution is 5.87. The molecule has 0 radical (unpaired) electrons. The molecule has 28 heavy (non-hydrogen) atoms. The van der Waals surface area contributed by atoms with Crippen molar-refractivity contribution >= 4 is 23.0 Å². The maximum absolute atomic E-state index is 12.8. The Kier molecular flexibility index (Phi) is 5.45. The molecule has 2 heterocycles. The minimum absolute atomic E-state index is 0.0729. The quantitative estimate of drug-likeness (QED) is 0.742. The van der Waals surface area contributed by atoms with Crippen LogP contribution in [0.1, 0.15) is 31.9 Å². The summed E-state index contributed by atoms with van der Waals surface area (Å²) in [5, 5.41) is 0.769. The Balaban J connectivity index is 1.66. The molecule has 3 rings (SSSR count). The molecule has 0 spiro atoms. The minimum Gasteiger partial charge on any atom is -0.444 e. The second-order valence-electron chi connectivity index (χ2n) is 8.12. The molecule has 0 saturated carbocycles. The largest absolute Gasteiger partial charge is 0.444 e. The predicted octanol–water partition coefficient (Wildman–Crippen LogP) is 2.72. The fourth-order valence-corrected chi connectivity index (χ4v) is 3.22. The van der Waals surface area contributed by atoms with Gasteiger partial charge in [-0.2, -0.15) is 0 Å². The number of hydrogen-bond acceptors (Lipinski definition) is 5. The Bertz CT molecular complexity index is 949. The first-order chi connectivity index (χ1) is 13.1. The molecule has 2 amide bonds. The van der Waals surface area contributed by atoms with Crippen LogP contribution in [0.3, 0.4) is 0 Å². The van der Waals surface area contributed by atoms with Crippen molar-refractivity contribution in [2.45, 2.75) is 39.7 Å². The smallest absolute Gasteiger partial charge is 0.410 e. The van der Waals surface area contributed by atoms with E-state index in [1.165, 1.54) is 6.07 Å². The zero-order valence-electron chi connectivity index (χ0n) is 16.8. The van der Waals surface area contributed by atoms with Crippen LogP contribution in [0.5, 0.6) is 0 Å². The van der Waals surface area contributed by atoms with E-state index in [4.69, 9.17) is 9.15 Å². The molecule has 1 aliphatic rings. The Morgan fingerprint density at radius 1 is 1.07 bits per heavy atom. The van der Waals surface area contributed by atoms with E-state index < -0.39 is 11.2 Å². The maximum Gasteiger partial charge on any atom is 0.410 e. The zero-order chi connectivity index (χ0) is 20.5. The van der Waals surface area contributed by atoms with Gasteiger partial charge in [0.25, 0.3) is 0 Å². The summed E-state index contributed by atoms with van der Waals surface area (Å²) in [6.45, 7) is 9.14. The lowest BCUT2D eigenvalue weighted by Gasteiger charge is -2.35. The molecule has 1 aromatic heterocycles. The van der Waals surface area contributed by atoms with Crippen LogP contribution in [0, 0.1) is 6.92 Å². The van der Waals surface area contributed by atoms with E-state index in [0.29, 0.717) is 37.3 Å². The topological polar surface area (TPSA) is 80.1 Å². The molecule has 7 nitrogen and oxygen atoms in total. The van der Waals surface area contributed by atoms with Crippen molar-refractivity contribution in [1.29, 1.82) is 0 Å². The number of carbonyl (C=O) groups is 2. The highest BCUT2D eigenvalue weighted by Crippen LogP contribution is 2.20. The van der Waals surface area contributed by atoms with Gasteiger partial charge in [0.2, 0.25) is 5.91 Å². The van der Waals surface area contributed by atoms with Gasteiger partial charge in [-0.3, -0.25) is 4.79 Å². The van der Waals surface area contributed by atoms with Crippen molar-refractivity contribution in [1.82, 2.24) is 9.80 Å². The molecule has 1 saturated heterocycles. The summed E-state index contributed by atoms with van der Waals surface area (Å²) in [6.07, 6.45) is -0.237. The molecule has 0 bridgehead atoms. The van der Waals surface area contributed by atoms with Crippen LogP contribution < -0.4 is 5.63 Å². The van der Waals surface area contributed by atoms with Gasteiger partial charge < -0.3 is 19.0 Å². The number of ether oxygens (including phenoxy) is 1. The molecule has 0 N–H and O–H groups in total. The molecule has 0 aliphatic carbocycles. The van der Waals surface area contributed by atoms with Crippen LogP contribution in [0.4, 0.5) is 4.79 Å². The van der Waals surface area contributed by atoms with E-state index in [2.05, 4.69) is 0 Å². The number of fused-ring (bicyclic) bond motifs is 1. The summed E-state index contributed by atoms with van der Waals surface area (Å²) in [5.74, 6) is -0.0729. The molecule has 0 atom stereocenters. The number of hydrogen-bond donors (Lipinski definition) is 0. The van der Waals surface area contributed by atoms with Gasteiger partial charge in [0.1, 0.15) is 11.2 Å². The average Bonchev–Trinajstić information content (AvgIpc) is 2.59. The summed E-state index contributed by atoms with van der Waals surface area (Å²) in [7, 11) is 0. The Labute approximate surface area is 163 Å². The third-order valence-electron chi connectivity index (χ3n) is 4.61. The van der Waals surface area contributed by atoms with Crippen molar-refractivity contribution in [2.75, 3.05) is 26.2 Å². The van der Waals surface area contributed by atoms with Gasteiger partial charge in [-0.25, -0.2) is 9.59 Å². The summed E-state index contributed by atoms with van der Waals surface area (Å²) in [5.41, 5.74) is 1.13. The Hall–Kier alpha value is -2.83. The van der Waals surface area contributed by atoms with Gasteiger partial charge in [0.15, 0.2) is 0 Å². The highest BCUT2D eigenvalue weighted by atomic mass is 16.6. The van der Waals surface area contributed by atoms with Crippen molar-refractivity contribution in [3.63, 3.8) is 0 Å². The second-order valence-corrected chi connectivity index (χ2v) is 8.12. The highest BCUT2D eigenvalue weighted by Gasteiger charge is 2.27. The minimum atomic E-state index is -0.544. The van der Waals surface area contributed by atoms with Crippen molar-refractivity contribution in [3.05, 3.63) is 45.8 Å². The normalized spacial score (nSPS) is 15.0. The summed E-state index contributed by atoms with van der Waals surface area (Å²) < 4.78 is 10.6. The fourth-order valence-electron chi connectivity index (χ4n) is 3.22. The Morgan fingerprint density at radius 3 is 2.36 bits per heavy atom. The van der Waals surface area contributed by atoms with E-state index in [1.54, 1.807) is 15.9 Å². The third-order valence-corrected chi connectivity index (χ3v) is 4.61. The SMILES string of the molecule is Cc1ccc2c(CC(=O)N3CCN(C(=O)OC(C)(C)C)CC3)cc(=O)oc2c1. The molecule has 0 unspecified atom stereocenters. The number of nitrogens with zero attached hydrogens (tertiary/aromatic N) is 2. The average molecular weight is 386 g/mol. The molecule has 7 heteroatoms. The number of piperazine rings is 1. The van der Waals surface area contributed by atoms with Crippen molar-refractivity contribution in [2.24, 2.45) is 0 Å². The van der Waals surface area contributed by atoms with Crippen molar-refractivity contribution in [3.8, 4) is 0 Å². The van der Waals surface area contributed by atoms with Crippen LogP contribution in [-0.4, -0.2) is 53.6 Å². The maximum atomic E-state index is 12.8. The van der Waals surface area contributed by atoms with Gasteiger partial charge in [-0.05, 0) is 44.9 Å². The van der Waals surface area contributed by atoms with Gasteiger partial charge in [-0.15, -0.1) is 0 Å². The van der Waals surface area contributed by atoms with E-state index in [-0.39, 0.29) is 18.4 Å². The monoisotopic (exact) mass is 386 g/mol. The first-order valence-corrected chi connectivity index (χ1v) is 9.41. The first-order valence-electron chi connectivity index (χ1n) is 9.41. The zero-order valence-corrected chi connectivity index (χ0v) is 16.8. The summed E-state index contributed by atoms with van der Waals surface area (Å²) in [4.78, 5) is 40.1. The van der Waals surface area contributed by atoms with Gasteiger partial charge in [0.05, 0.1) is 6.42 Å². The number of rotatable bonds is 2. The number of amides is 2. The summed E-state index contributed by atoms with van der Waals surface area (Å²) in [6, 6.07) is 6.98. The van der Waals surface area contributed by atoms with Gasteiger partial charge in [-0.1, -0.05) is 12.1 Å². The fraction of sp³-hybridized carbons (Fsp3) is 0.476. The van der Waals surface area contributed by atoms with Crippen LogP contribution in [0.25, 0.3) is 11.0 Å². The second kappa shape index (κ2) is 7.66. The third kappa shape index (κ3) is 4.71. The van der Waals surface area contributed by atoms with E-state index in [1.807, 2.05) is 39.8 Å². The lowest BCUT2D eigenvalue weighted by atomic mass is 10.0. The van der Waals surface area contributed by atoms with E-state index >= 15 is 0 Å². The molecule has 2 aromatic rings. The molecular weight excluding hydrogens is 360 g/mol. The first kappa shape index (κ1) is 19.9. The molecule has 1 aliphatic heterocycles. The van der Waals surface area contributed by atoms with Gasteiger partial charge in [0, 0.05) is 37.6 Å². The lowest BCUT2D eigenvalue weighted by Crippen LogP contribution is -2.52. The van der Waals surface area contributed by atoms with Gasteiger partial charge >= 0.3 is 11.7 Å². The lowest BCUT2D eigenvalue weighted by molar-refractivity contribution is -0.132. The number of benzene rings is 1. The van der Waals surface area contributed by atoms with Crippen LogP contribution in [0.2, 0.25) is 0 Å². The van der Waals surface area contributed by atoms with Crippen molar-refractivity contribution < 1.29 is 18.7 Å². The van der Waals surface area contributed by atoms with Crippen LogP contribution in [0.15, 0.2) is 33.5 Å². The van der Waals surface area contributed by atoms with E-state index in [0.717, 1.165) is 10.9 Å². The summed E-state index contributed by atoms with van der Waals surface area (Å²) >= 11 is 0. The van der Waals surface area contributed by atoms with Crippen LogP contribution in [-0.2, 0) is 16.0 Å². The number of aryl methyl sites for hydroxylation is 1. The van der Waals surface area contributed by atoms with E-state index in [9.17, 15) is 14.4 Å². The predicted molar refractivity (Wildman–Crippen MR) is 105 cm³/mol. The molecule has 1 fully saturated rings. The molecular formula is C21H26N2O5.